The van der Waals surface area contributed by atoms with Gasteiger partial charge in [-0.15, -0.1) is 0 Å². The molecular weight excluding hydrogens is 210 g/mol. The highest BCUT2D eigenvalue weighted by molar-refractivity contribution is 6.77. The van der Waals surface area contributed by atoms with Gasteiger partial charge in [-0.05, 0) is 17.2 Å². The fraction of sp³-hybridized carbons (Fsp3) is 0.357. The Morgan fingerprint density at radius 2 is 1.75 bits per heavy atom. The highest BCUT2D eigenvalue weighted by Gasteiger charge is 2.25. The van der Waals surface area contributed by atoms with Crippen molar-refractivity contribution in [3.8, 4) is 0 Å². The first kappa shape index (κ1) is 11.3. The van der Waals surface area contributed by atoms with Crippen LogP contribution in [0.3, 0.4) is 0 Å². The highest BCUT2D eigenvalue weighted by atomic mass is 28.3. The van der Waals surface area contributed by atoms with E-state index in [2.05, 4.69) is 55.8 Å². The van der Waals surface area contributed by atoms with E-state index in [0.29, 0.717) is 5.54 Å². The Hall–Kier alpha value is -1.15. The van der Waals surface area contributed by atoms with E-state index in [1.807, 2.05) is 12.3 Å². The lowest BCUT2D eigenvalue weighted by molar-refractivity contribution is 1.02. The van der Waals surface area contributed by atoms with Crippen molar-refractivity contribution in [3.05, 3.63) is 42.1 Å². The molecule has 0 fully saturated rings. The molecule has 0 aliphatic heterocycles. The lowest BCUT2D eigenvalue weighted by Gasteiger charge is -2.26. The second kappa shape index (κ2) is 4.02. The van der Waals surface area contributed by atoms with Crippen molar-refractivity contribution in [2.75, 3.05) is 0 Å². The molecule has 2 rings (SSSR count). The molecule has 1 nitrogen and oxygen atoms in total. The molecule has 0 saturated carbocycles. The first-order valence-electron chi connectivity index (χ1n) is 5.84. The maximum Gasteiger partial charge on any atom is 0.0733 e. The van der Waals surface area contributed by atoms with Gasteiger partial charge >= 0.3 is 0 Å². The summed E-state index contributed by atoms with van der Waals surface area (Å²) in [5.74, 6) is 0. The third-order valence-corrected chi connectivity index (χ3v) is 6.34. The van der Waals surface area contributed by atoms with Gasteiger partial charge in [-0.1, -0.05) is 50.8 Å². The molecule has 0 amide bonds. The fourth-order valence-corrected chi connectivity index (χ4v) is 3.11. The number of benzene rings is 1. The molecule has 0 aliphatic rings. The molecule has 1 aromatic heterocycles. The summed E-state index contributed by atoms with van der Waals surface area (Å²) in [4.78, 5) is 4.54. The Kier molecular flexibility index (Phi) is 2.85. The maximum absolute atomic E-state index is 4.54. The van der Waals surface area contributed by atoms with Gasteiger partial charge in [0.25, 0.3) is 0 Å². The Morgan fingerprint density at radius 1 is 1.06 bits per heavy atom. The lowest BCUT2D eigenvalue weighted by Crippen LogP contribution is -2.29. The number of hydrogen-bond acceptors (Lipinski definition) is 1. The van der Waals surface area contributed by atoms with Crippen molar-refractivity contribution < 1.29 is 0 Å². The number of fused-ring (bicyclic) bond motifs is 1. The summed E-state index contributed by atoms with van der Waals surface area (Å²) in [5, 5.41) is 1.25. The van der Waals surface area contributed by atoms with Crippen LogP contribution in [0.4, 0.5) is 0 Å². The predicted molar refractivity (Wildman–Crippen MR) is 73.5 cm³/mol. The summed E-state index contributed by atoms with van der Waals surface area (Å²) in [6, 6.07) is 10.7. The Balaban J connectivity index is 2.61. The van der Waals surface area contributed by atoms with Crippen LogP contribution in [0.25, 0.3) is 10.9 Å². The second-order valence-corrected chi connectivity index (χ2v) is 11.1. The van der Waals surface area contributed by atoms with Gasteiger partial charge < -0.3 is 0 Å². The summed E-state index contributed by atoms with van der Waals surface area (Å²) < 4.78 is 0. The summed E-state index contributed by atoms with van der Waals surface area (Å²) in [6.45, 7) is 9.59. The van der Waals surface area contributed by atoms with Gasteiger partial charge in [0, 0.05) is 11.6 Å². The van der Waals surface area contributed by atoms with E-state index >= 15 is 0 Å². The van der Waals surface area contributed by atoms with E-state index in [-0.39, 0.29) is 0 Å². The zero-order chi connectivity index (χ0) is 11.8. The van der Waals surface area contributed by atoms with Crippen LogP contribution in [0.15, 0.2) is 36.5 Å². The van der Waals surface area contributed by atoms with Crippen molar-refractivity contribution in [1.82, 2.24) is 4.98 Å². The van der Waals surface area contributed by atoms with Gasteiger partial charge in [0.15, 0.2) is 0 Å². The Bertz CT molecular complexity index is 494. The molecule has 2 aromatic rings. The summed E-state index contributed by atoms with van der Waals surface area (Å²) >= 11 is 0. The van der Waals surface area contributed by atoms with Crippen molar-refractivity contribution >= 4 is 19.0 Å². The average molecular weight is 229 g/mol. The smallest absolute Gasteiger partial charge is 0.0733 e. The van der Waals surface area contributed by atoms with Crippen LogP contribution in [0.2, 0.25) is 19.6 Å². The molecule has 0 saturated heterocycles. The zero-order valence-corrected chi connectivity index (χ0v) is 11.5. The molecule has 0 N–H and O–H groups in total. The van der Waals surface area contributed by atoms with Crippen molar-refractivity contribution in [1.29, 1.82) is 0 Å². The number of hydrogen-bond donors (Lipinski definition) is 0. The van der Waals surface area contributed by atoms with E-state index in [1.165, 1.54) is 16.5 Å². The molecule has 0 spiro atoms. The van der Waals surface area contributed by atoms with Crippen LogP contribution in [0.1, 0.15) is 18.0 Å². The quantitative estimate of drug-likeness (QED) is 0.703. The number of nitrogens with zero attached hydrogens (tertiary/aromatic N) is 1. The van der Waals surface area contributed by atoms with Gasteiger partial charge in [-0.25, -0.2) is 0 Å². The molecule has 16 heavy (non-hydrogen) atoms. The van der Waals surface area contributed by atoms with Gasteiger partial charge in [0.2, 0.25) is 0 Å². The third kappa shape index (κ3) is 2.02. The van der Waals surface area contributed by atoms with Crippen LogP contribution in [0, 0.1) is 0 Å². The summed E-state index contributed by atoms with van der Waals surface area (Å²) in [6.07, 6.45) is 1.89. The van der Waals surface area contributed by atoms with Crippen LogP contribution >= 0.6 is 0 Å². The molecule has 2 heteroatoms. The lowest BCUT2D eigenvalue weighted by atomic mass is 10.1. The normalized spacial score (nSPS) is 14.0. The van der Waals surface area contributed by atoms with Crippen LogP contribution in [0.5, 0.6) is 0 Å². The van der Waals surface area contributed by atoms with Gasteiger partial charge in [0.1, 0.15) is 0 Å². The number of aromatic nitrogens is 1. The highest BCUT2D eigenvalue weighted by Crippen LogP contribution is 2.30. The first-order valence-corrected chi connectivity index (χ1v) is 9.41. The van der Waals surface area contributed by atoms with E-state index < -0.39 is 8.07 Å². The largest absolute Gasteiger partial charge is 0.256 e. The van der Waals surface area contributed by atoms with Crippen molar-refractivity contribution in [2.24, 2.45) is 0 Å². The fourth-order valence-electron chi connectivity index (χ4n) is 1.94. The SMILES string of the molecule is CC(c1cccc2cccnc12)[Si](C)(C)C. The standard InChI is InChI=1S/C14H19NSi/c1-11(16(2,3)4)13-9-5-7-12-8-6-10-15-14(12)13/h5-11H,1-4H3. The van der Waals surface area contributed by atoms with E-state index in [9.17, 15) is 0 Å². The molecule has 1 aromatic carbocycles. The molecule has 0 aliphatic carbocycles. The minimum atomic E-state index is -1.16. The monoisotopic (exact) mass is 229 g/mol. The van der Waals surface area contributed by atoms with Crippen molar-refractivity contribution in [2.45, 2.75) is 32.1 Å². The molecule has 1 unspecified atom stereocenters. The molecule has 1 atom stereocenters. The van der Waals surface area contributed by atoms with Gasteiger partial charge in [-0.3, -0.25) is 4.98 Å². The summed E-state index contributed by atoms with van der Waals surface area (Å²) in [7, 11) is -1.16. The topological polar surface area (TPSA) is 12.9 Å². The van der Waals surface area contributed by atoms with Crippen molar-refractivity contribution in [3.63, 3.8) is 0 Å². The minimum absolute atomic E-state index is 0.645. The maximum atomic E-state index is 4.54. The number of pyridine rings is 1. The molecule has 84 valence electrons. The molecule has 1 heterocycles. The molecule has 0 radical (unpaired) electrons. The van der Waals surface area contributed by atoms with Crippen LogP contribution in [-0.2, 0) is 0 Å². The third-order valence-electron chi connectivity index (χ3n) is 3.43. The number of rotatable bonds is 2. The van der Waals surface area contributed by atoms with E-state index in [4.69, 9.17) is 0 Å². The second-order valence-electron chi connectivity index (χ2n) is 5.51. The minimum Gasteiger partial charge on any atom is -0.256 e. The van der Waals surface area contributed by atoms with Crippen LogP contribution in [-0.4, -0.2) is 13.1 Å². The average Bonchev–Trinajstić information content (AvgIpc) is 2.26. The van der Waals surface area contributed by atoms with E-state index in [1.54, 1.807) is 0 Å². The first-order chi connectivity index (χ1) is 7.50. The van der Waals surface area contributed by atoms with E-state index in [0.717, 1.165) is 0 Å². The van der Waals surface area contributed by atoms with Crippen LogP contribution < -0.4 is 0 Å². The summed E-state index contributed by atoms with van der Waals surface area (Å²) in [5.41, 5.74) is 3.24. The molecular formula is C14H19NSi. The van der Waals surface area contributed by atoms with Gasteiger partial charge in [-0.2, -0.15) is 0 Å². The Labute approximate surface area is 98.5 Å². The number of para-hydroxylation sites is 1. The zero-order valence-electron chi connectivity index (χ0n) is 10.5. The predicted octanol–water partition coefficient (Wildman–Crippen LogP) is 4.22. The molecule has 0 bridgehead atoms. The Morgan fingerprint density at radius 3 is 2.44 bits per heavy atom. The van der Waals surface area contributed by atoms with Gasteiger partial charge in [0.05, 0.1) is 13.6 Å².